The molecule has 1 amide bonds. The summed E-state index contributed by atoms with van der Waals surface area (Å²) < 4.78 is 5.38. The Kier molecular flexibility index (Phi) is 7.32. The number of amides is 1. The molecular formula is C34H51NO4. The highest BCUT2D eigenvalue weighted by Crippen LogP contribution is 2.68. The smallest absolute Gasteiger partial charge is 0.222 e. The average molecular weight is 538 g/mol. The number of fused-ring (bicyclic) bond motifs is 6. The first-order chi connectivity index (χ1) is 18.6. The maximum Gasteiger partial charge on any atom is 0.222 e. The van der Waals surface area contributed by atoms with Gasteiger partial charge in [-0.1, -0.05) is 26.8 Å². The summed E-state index contributed by atoms with van der Waals surface area (Å²) in [4.78, 5) is 15.3. The Morgan fingerprint density at radius 1 is 1.05 bits per heavy atom. The molecule has 1 aromatic carbocycles. The van der Waals surface area contributed by atoms with Gasteiger partial charge < -0.3 is 19.8 Å². The van der Waals surface area contributed by atoms with Crippen molar-refractivity contribution in [3.8, 4) is 5.75 Å². The van der Waals surface area contributed by atoms with Crippen LogP contribution < -0.4 is 4.74 Å². The molecule has 1 aliphatic heterocycles. The van der Waals surface area contributed by atoms with Crippen molar-refractivity contribution in [2.45, 2.75) is 110 Å². The van der Waals surface area contributed by atoms with Gasteiger partial charge in [0.1, 0.15) is 5.75 Å². The van der Waals surface area contributed by atoms with Crippen molar-refractivity contribution >= 4 is 5.91 Å². The van der Waals surface area contributed by atoms with Gasteiger partial charge in [0, 0.05) is 19.5 Å². The molecule has 216 valence electrons. The first kappa shape index (κ1) is 27.6. The number of hydrogen-bond acceptors (Lipinski definition) is 4. The van der Waals surface area contributed by atoms with Gasteiger partial charge in [-0.05, 0) is 134 Å². The van der Waals surface area contributed by atoms with E-state index >= 15 is 0 Å². The van der Waals surface area contributed by atoms with Crippen LogP contribution in [0.2, 0.25) is 0 Å². The summed E-state index contributed by atoms with van der Waals surface area (Å²) in [6.07, 6.45) is 10.9. The van der Waals surface area contributed by atoms with Crippen LogP contribution >= 0.6 is 0 Å². The number of aliphatic hydroxyl groups is 2. The Bertz CT molecular complexity index is 1070. The molecular weight excluding hydrogens is 486 g/mol. The van der Waals surface area contributed by atoms with Gasteiger partial charge in [0.25, 0.3) is 0 Å². The second kappa shape index (κ2) is 10.4. The number of carbonyl (C=O) groups is 1. The Hall–Kier alpha value is -1.59. The zero-order valence-corrected chi connectivity index (χ0v) is 24.7. The molecule has 6 rings (SSSR count). The molecule has 1 heterocycles. The van der Waals surface area contributed by atoms with E-state index in [0.717, 1.165) is 50.8 Å². The van der Waals surface area contributed by atoms with Crippen molar-refractivity contribution in [3.63, 3.8) is 0 Å². The minimum atomic E-state index is -0.222. The number of hydrogen-bond donors (Lipinski definition) is 2. The van der Waals surface area contributed by atoms with Crippen LogP contribution in [0.25, 0.3) is 0 Å². The molecule has 0 spiro atoms. The highest BCUT2D eigenvalue weighted by molar-refractivity contribution is 5.76. The number of aliphatic hydroxyl groups excluding tert-OH is 2. The summed E-state index contributed by atoms with van der Waals surface area (Å²) in [5, 5.41) is 21.9. The fourth-order valence-corrected chi connectivity index (χ4v) is 10.8. The third kappa shape index (κ3) is 4.64. The quantitative estimate of drug-likeness (QED) is 0.484. The van der Waals surface area contributed by atoms with Crippen LogP contribution in [0.5, 0.6) is 5.75 Å². The van der Waals surface area contributed by atoms with Gasteiger partial charge in [-0.3, -0.25) is 4.79 Å². The van der Waals surface area contributed by atoms with Crippen LogP contribution in [0.15, 0.2) is 18.2 Å². The number of carbonyl (C=O) groups excluding carboxylic acids is 1. The van der Waals surface area contributed by atoms with E-state index in [0.29, 0.717) is 54.4 Å². The summed E-state index contributed by atoms with van der Waals surface area (Å²) in [6.45, 7) is 8.94. The van der Waals surface area contributed by atoms with E-state index in [2.05, 4.69) is 37.8 Å². The summed E-state index contributed by atoms with van der Waals surface area (Å²) in [5.74, 6) is 4.41. The predicted molar refractivity (Wildman–Crippen MR) is 153 cm³/mol. The molecule has 0 unspecified atom stereocenters. The van der Waals surface area contributed by atoms with Crippen molar-refractivity contribution in [2.24, 2.45) is 46.3 Å². The molecule has 10 atom stereocenters. The van der Waals surface area contributed by atoms with E-state index in [-0.39, 0.29) is 23.0 Å². The van der Waals surface area contributed by atoms with E-state index in [1.807, 2.05) is 6.07 Å². The van der Waals surface area contributed by atoms with E-state index in [9.17, 15) is 15.0 Å². The van der Waals surface area contributed by atoms with E-state index in [1.165, 1.54) is 36.8 Å². The second-order valence-corrected chi connectivity index (χ2v) is 14.7. The minimum absolute atomic E-state index is 0.178. The van der Waals surface area contributed by atoms with Gasteiger partial charge in [0.05, 0.1) is 19.3 Å². The molecule has 39 heavy (non-hydrogen) atoms. The summed E-state index contributed by atoms with van der Waals surface area (Å²) in [5.41, 5.74) is 3.10. The molecule has 0 radical (unpaired) electrons. The number of rotatable bonds is 5. The summed E-state index contributed by atoms with van der Waals surface area (Å²) >= 11 is 0. The molecule has 0 bridgehead atoms. The highest BCUT2D eigenvalue weighted by Gasteiger charge is 2.62. The molecule has 0 saturated heterocycles. The zero-order chi connectivity index (χ0) is 27.5. The van der Waals surface area contributed by atoms with Gasteiger partial charge in [-0.25, -0.2) is 0 Å². The molecule has 5 aliphatic rings. The number of ether oxygens (including phenoxy) is 1. The monoisotopic (exact) mass is 537 g/mol. The van der Waals surface area contributed by atoms with Crippen LogP contribution in [0.3, 0.4) is 0 Å². The molecule has 4 fully saturated rings. The molecule has 2 N–H and O–H groups in total. The van der Waals surface area contributed by atoms with E-state index in [4.69, 9.17) is 4.74 Å². The Labute approximate surface area is 235 Å². The maximum atomic E-state index is 13.3. The molecule has 5 heteroatoms. The van der Waals surface area contributed by atoms with E-state index in [1.54, 1.807) is 7.11 Å². The van der Waals surface area contributed by atoms with Crippen molar-refractivity contribution in [1.29, 1.82) is 0 Å². The van der Waals surface area contributed by atoms with Gasteiger partial charge in [-0.2, -0.15) is 0 Å². The fourth-order valence-electron chi connectivity index (χ4n) is 10.8. The second-order valence-electron chi connectivity index (χ2n) is 14.7. The molecule has 5 nitrogen and oxygen atoms in total. The fraction of sp³-hybridized carbons (Fsp3) is 0.794. The van der Waals surface area contributed by atoms with Gasteiger partial charge in [-0.15, -0.1) is 0 Å². The normalized spacial score (nSPS) is 42.1. The van der Waals surface area contributed by atoms with Crippen LogP contribution in [0, 0.1) is 46.3 Å². The topological polar surface area (TPSA) is 70.0 Å². The molecule has 4 aliphatic carbocycles. The van der Waals surface area contributed by atoms with Gasteiger partial charge in [0.15, 0.2) is 0 Å². The molecule has 1 aromatic rings. The molecule has 0 aromatic heterocycles. The largest absolute Gasteiger partial charge is 0.497 e. The third-order valence-corrected chi connectivity index (χ3v) is 13.0. The number of nitrogens with zero attached hydrogens (tertiary/aromatic N) is 1. The summed E-state index contributed by atoms with van der Waals surface area (Å²) in [6, 6.07) is 6.23. The van der Waals surface area contributed by atoms with Crippen LogP contribution in [0.4, 0.5) is 0 Å². The average Bonchev–Trinajstić information content (AvgIpc) is 3.29. The third-order valence-electron chi connectivity index (χ3n) is 13.0. The highest BCUT2D eigenvalue weighted by atomic mass is 16.5. The molecule has 4 saturated carbocycles. The van der Waals surface area contributed by atoms with Crippen LogP contribution in [-0.4, -0.2) is 46.9 Å². The first-order valence-corrected chi connectivity index (χ1v) is 15.9. The van der Waals surface area contributed by atoms with Crippen molar-refractivity contribution in [3.05, 3.63) is 29.3 Å². The Morgan fingerprint density at radius 3 is 2.62 bits per heavy atom. The SMILES string of the molecule is COc1ccc2c(c1)CCN(C(=O)CC[C@@H](C)[C@H]1CC[C@H]3[C@@H]4[C@@H](O)C[C@@H]5C[C@H](O)CC[C@]5(C)[C@H]4CC[C@]13C)C2. The number of benzene rings is 1. The van der Waals surface area contributed by atoms with Crippen LogP contribution in [-0.2, 0) is 17.8 Å². The Balaban J connectivity index is 1.09. The van der Waals surface area contributed by atoms with Crippen molar-refractivity contribution in [1.82, 2.24) is 4.90 Å². The van der Waals surface area contributed by atoms with Gasteiger partial charge >= 0.3 is 0 Å². The predicted octanol–water partition coefficient (Wildman–Crippen LogP) is 5.99. The van der Waals surface area contributed by atoms with Crippen molar-refractivity contribution in [2.75, 3.05) is 13.7 Å². The first-order valence-electron chi connectivity index (χ1n) is 15.9. The Morgan fingerprint density at radius 2 is 1.82 bits per heavy atom. The maximum absolute atomic E-state index is 13.3. The van der Waals surface area contributed by atoms with E-state index < -0.39 is 0 Å². The standard InChI is InChI=1S/C34H51NO4/c1-21(5-10-31(38)35-16-13-22-17-26(39-4)7-6-23(22)20-35)27-8-9-28-32-29(12-15-34(27,28)3)33(2)14-11-25(36)18-24(33)19-30(32)37/h6-7,17,21,24-25,27-30,32,36-37H,5,8-16,18-20H2,1-4H3/t21-,24+,25-,27-,28+,29+,30+,32+,33+,34-/m1/s1. The zero-order valence-electron chi connectivity index (χ0n) is 24.7. The van der Waals surface area contributed by atoms with Crippen LogP contribution in [0.1, 0.15) is 96.1 Å². The van der Waals surface area contributed by atoms with Gasteiger partial charge in [0.2, 0.25) is 5.91 Å². The lowest BCUT2D eigenvalue weighted by Crippen LogP contribution is -2.58. The lowest BCUT2D eigenvalue weighted by Gasteiger charge is -2.62. The lowest BCUT2D eigenvalue weighted by molar-refractivity contribution is -0.174. The lowest BCUT2D eigenvalue weighted by atomic mass is 9.43. The van der Waals surface area contributed by atoms with Crippen molar-refractivity contribution < 1.29 is 19.7 Å². The minimum Gasteiger partial charge on any atom is -0.497 e. The number of methoxy groups -OCH3 is 1. The summed E-state index contributed by atoms with van der Waals surface area (Å²) in [7, 11) is 1.70.